The molecule has 0 aromatic heterocycles. The molecule has 6 aliphatic heterocycles. The molecule has 12 rings (SSSR count). The van der Waals surface area contributed by atoms with Gasteiger partial charge >= 0.3 is 17.9 Å². The average molecular weight is 815 g/mol. The molecule has 59 heavy (non-hydrogen) atoms. The highest BCUT2D eigenvalue weighted by Gasteiger charge is 2.91. The first kappa shape index (κ1) is 39.6. The first-order valence-corrected chi connectivity index (χ1v) is 21.2. The Hall–Kier alpha value is -3.50. The summed E-state index contributed by atoms with van der Waals surface area (Å²) in [5, 5.41) is 63.4. The third kappa shape index (κ3) is 5.17. The largest absolute Gasteiger partial charge is 0.456 e. The minimum atomic E-state index is -2.22. The van der Waals surface area contributed by atoms with Crippen LogP contribution in [0.3, 0.4) is 0 Å². The van der Waals surface area contributed by atoms with Crippen molar-refractivity contribution < 1.29 is 63.5 Å². The zero-order chi connectivity index (χ0) is 41.5. The van der Waals surface area contributed by atoms with Gasteiger partial charge in [0.1, 0.15) is 53.4 Å². The molecular formula is C46H54O13. The molecule has 19 unspecified atom stereocenters. The molecule has 10 aliphatic rings. The molecule has 8 fully saturated rings. The Balaban J connectivity index is 1.14. The Kier molecular flexibility index (Phi) is 8.90. The number of allylic oxidation sites excluding steroid dienone is 2. The summed E-state index contributed by atoms with van der Waals surface area (Å²) >= 11 is 0. The van der Waals surface area contributed by atoms with Crippen molar-refractivity contribution in [1.82, 2.24) is 0 Å². The van der Waals surface area contributed by atoms with E-state index in [9.17, 15) is 35.1 Å². The molecule has 4 saturated heterocycles. The molecule has 4 saturated carbocycles. The number of fused-ring (bicyclic) bond motifs is 6. The van der Waals surface area contributed by atoms with E-state index in [-0.39, 0.29) is 30.6 Å². The molecule has 13 heteroatoms. The van der Waals surface area contributed by atoms with Crippen LogP contribution >= 0.6 is 0 Å². The second-order valence-electron chi connectivity index (χ2n) is 19.0. The van der Waals surface area contributed by atoms with E-state index in [1.165, 1.54) is 12.2 Å². The normalized spacial score (nSPS) is 52.8. The summed E-state index contributed by atoms with van der Waals surface area (Å²) in [7, 11) is 0. The summed E-state index contributed by atoms with van der Waals surface area (Å²) in [6.45, 7) is 6.66. The van der Waals surface area contributed by atoms with Crippen LogP contribution in [0, 0.1) is 41.4 Å². The van der Waals surface area contributed by atoms with Crippen molar-refractivity contribution in [3.63, 3.8) is 0 Å². The van der Waals surface area contributed by atoms with Gasteiger partial charge in [0.2, 0.25) is 0 Å². The molecule has 0 amide bonds. The van der Waals surface area contributed by atoms with E-state index in [0.29, 0.717) is 24.0 Å². The lowest BCUT2D eigenvalue weighted by molar-refractivity contribution is -0.595. The van der Waals surface area contributed by atoms with Gasteiger partial charge < -0.3 is 54.0 Å². The molecule has 6 heterocycles. The lowest BCUT2D eigenvalue weighted by Gasteiger charge is -2.74. The van der Waals surface area contributed by atoms with Gasteiger partial charge in [-0.25, -0.2) is 9.59 Å². The molecule has 316 valence electrons. The van der Waals surface area contributed by atoms with Crippen molar-refractivity contribution >= 4 is 11.9 Å². The number of rotatable bonds is 4. The van der Waals surface area contributed by atoms with Gasteiger partial charge in [0.15, 0.2) is 0 Å². The number of esters is 2. The minimum Gasteiger partial charge on any atom is -0.456 e. The fraction of sp³-hybridized carbons (Fsp3) is 0.609. The summed E-state index contributed by atoms with van der Waals surface area (Å²) in [5.41, 5.74) is -8.50. The van der Waals surface area contributed by atoms with Crippen molar-refractivity contribution in [3.05, 3.63) is 96.1 Å². The molecule has 13 nitrogen and oxygen atoms in total. The van der Waals surface area contributed by atoms with E-state index in [4.69, 9.17) is 28.4 Å². The maximum atomic E-state index is 13.7. The Bertz CT molecular complexity index is 2060. The maximum Gasteiger partial charge on any atom is 0.338 e. The van der Waals surface area contributed by atoms with E-state index in [1.54, 1.807) is 55.5 Å². The standard InChI is InChI=1S/C46H54O13/c1-24-21-32-43(52)35(24)55-33(48)18-12-11-17-31(54-39(49)27-13-7-5-8-14-27)30-20-19-28(25(30)2)22-41(4,51)45(53)36-26(3)44(32)34(37-42(23-47,56-37)40(43)50)38(45)58-46(57-36,59-44)29-15-9-6-10-16-29/h5-18,24-26,28,30-32,34-38,40,47,50-53H,19-23H2,1-4H3/b17-11-,18-12-. The van der Waals surface area contributed by atoms with Crippen molar-refractivity contribution in [3.8, 4) is 0 Å². The van der Waals surface area contributed by atoms with Gasteiger partial charge in [-0.2, -0.15) is 0 Å². The third-order valence-electron chi connectivity index (χ3n) is 16.2. The lowest BCUT2D eigenvalue weighted by Crippen LogP contribution is -2.89. The summed E-state index contributed by atoms with van der Waals surface area (Å²) < 4.78 is 39.7. The summed E-state index contributed by atoms with van der Waals surface area (Å²) in [6, 6.07) is 17.7. The molecule has 5 N–H and O–H groups in total. The average Bonchev–Trinajstić information content (AvgIpc) is 3.79. The molecule has 19 atom stereocenters. The highest BCUT2D eigenvalue weighted by Crippen LogP contribution is 2.75. The molecule has 1 spiro atoms. The van der Waals surface area contributed by atoms with Crippen LogP contribution in [0.1, 0.15) is 69.3 Å². The van der Waals surface area contributed by atoms with Crippen molar-refractivity contribution in [2.24, 2.45) is 41.4 Å². The van der Waals surface area contributed by atoms with E-state index in [0.717, 1.165) is 0 Å². The Morgan fingerprint density at radius 3 is 2.29 bits per heavy atom. The van der Waals surface area contributed by atoms with E-state index in [2.05, 4.69) is 6.92 Å². The first-order valence-electron chi connectivity index (χ1n) is 21.2. The Labute approximate surface area is 342 Å². The van der Waals surface area contributed by atoms with E-state index in [1.807, 2.05) is 38.1 Å². The van der Waals surface area contributed by atoms with Crippen LogP contribution in [-0.2, 0) is 39.2 Å². The van der Waals surface area contributed by atoms with Crippen molar-refractivity contribution in [1.29, 1.82) is 0 Å². The highest BCUT2D eigenvalue weighted by atomic mass is 16.9. The molecule has 2 aromatic carbocycles. The molecule has 2 aromatic rings. The number of aliphatic hydroxyl groups is 5. The number of ether oxygens (including phenoxy) is 6. The van der Waals surface area contributed by atoms with Gasteiger partial charge in [0.25, 0.3) is 0 Å². The summed E-state index contributed by atoms with van der Waals surface area (Å²) in [4.78, 5) is 27.2. The lowest BCUT2D eigenvalue weighted by atomic mass is 9.49. The first-order chi connectivity index (χ1) is 28.1. The zero-order valence-electron chi connectivity index (χ0n) is 33.6. The van der Waals surface area contributed by atoms with Gasteiger partial charge in [-0.15, -0.1) is 0 Å². The van der Waals surface area contributed by atoms with Crippen LogP contribution < -0.4 is 0 Å². The Morgan fingerprint density at radius 2 is 1.58 bits per heavy atom. The van der Waals surface area contributed by atoms with Crippen LogP contribution in [0.5, 0.6) is 0 Å². The summed E-state index contributed by atoms with van der Waals surface area (Å²) in [5.74, 6) is -6.79. The van der Waals surface area contributed by atoms with Crippen molar-refractivity contribution in [2.75, 3.05) is 6.61 Å². The van der Waals surface area contributed by atoms with Crippen molar-refractivity contribution in [2.45, 2.75) is 124 Å². The molecule has 0 radical (unpaired) electrons. The predicted molar refractivity (Wildman–Crippen MR) is 207 cm³/mol. The highest BCUT2D eigenvalue weighted by molar-refractivity contribution is 5.89. The SMILES string of the molecule is CC1CC2C3(O)C1OC(=O)/C=C\C=C/C(OC(=O)c1ccccc1)C1CCC(CC(C)(O)C4(O)C5OC6(c7ccccc7)OC4C(C4OC4(CO)C3O)C2(O6)C5C)C1C. The van der Waals surface area contributed by atoms with E-state index < -0.39 is 113 Å². The number of carbonyl (C=O) groups excluding carboxylic acids is 2. The summed E-state index contributed by atoms with van der Waals surface area (Å²) in [6.07, 6.45) is 0.608. The second kappa shape index (κ2) is 13.3. The maximum absolute atomic E-state index is 13.7. The fourth-order valence-corrected chi connectivity index (χ4v) is 13.3. The van der Waals surface area contributed by atoms with Crippen LogP contribution in [0.2, 0.25) is 0 Å². The smallest absolute Gasteiger partial charge is 0.338 e. The van der Waals surface area contributed by atoms with Gasteiger partial charge in [-0.3, -0.25) is 0 Å². The number of hydrogen-bond acceptors (Lipinski definition) is 13. The number of carbonyl (C=O) groups is 2. The number of epoxide rings is 1. The predicted octanol–water partition coefficient (Wildman–Crippen LogP) is 3.31. The monoisotopic (exact) mass is 814 g/mol. The fourth-order valence-electron chi connectivity index (χ4n) is 13.3. The number of aliphatic hydroxyl groups excluding tert-OH is 2. The van der Waals surface area contributed by atoms with Gasteiger partial charge in [-0.05, 0) is 68.6 Å². The third-order valence-corrected chi connectivity index (χ3v) is 16.2. The van der Waals surface area contributed by atoms with Crippen LogP contribution in [-0.4, -0.2) is 109 Å². The number of hydrogen-bond donors (Lipinski definition) is 5. The molecule has 4 aliphatic carbocycles. The molecular weight excluding hydrogens is 760 g/mol. The Morgan fingerprint density at radius 1 is 0.881 bits per heavy atom. The van der Waals surface area contributed by atoms with Crippen LogP contribution in [0.4, 0.5) is 0 Å². The number of benzene rings is 2. The molecule has 11 bridgehead atoms. The van der Waals surface area contributed by atoms with Gasteiger partial charge in [0.05, 0.1) is 23.4 Å². The van der Waals surface area contributed by atoms with Crippen LogP contribution in [0.25, 0.3) is 0 Å². The zero-order valence-corrected chi connectivity index (χ0v) is 33.6. The van der Waals surface area contributed by atoms with Gasteiger partial charge in [0, 0.05) is 35.3 Å². The van der Waals surface area contributed by atoms with Crippen LogP contribution in [0.15, 0.2) is 85.0 Å². The van der Waals surface area contributed by atoms with E-state index >= 15 is 0 Å². The quantitative estimate of drug-likeness (QED) is 0.223. The minimum absolute atomic E-state index is 0.102. The second-order valence-corrected chi connectivity index (χ2v) is 19.0. The van der Waals surface area contributed by atoms with Gasteiger partial charge in [-0.1, -0.05) is 81.5 Å². The topological polar surface area (TPSA) is 194 Å².